The van der Waals surface area contributed by atoms with E-state index in [1.807, 2.05) is 12.3 Å². The smallest absolute Gasteiger partial charge is 0.101 e. The Morgan fingerprint density at radius 3 is 2.92 bits per heavy atom. The number of rotatable bonds is 3. The minimum absolute atomic E-state index is 0.505. The van der Waals surface area contributed by atoms with Crippen LogP contribution < -0.4 is 0 Å². The highest BCUT2D eigenvalue weighted by atomic mass is 14.6. The van der Waals surface area contributed by atoms with Crippen LogP contribution in [0.25, 0.3) is 0 Å². The standard InChI is InChI=1S/C11H14N2/c1-3-4-9(2)11-5-10(6-12)7-13-8-11/h5,7-9H,3-4H2,1-2H3. The molecule has 1 heterocycles. The minimum atomic E-state index is 0.505. The molecule has 0 saturated carbocycles. The second-order valence-corrected chi connectivity index (χ2v) is 3.31. The van der Waals surface area contributed by atoms with E-state index in [4.69, 9.17) is 5.26 Å². The Balaban J connectivity index is 2.83. The Morgan fingerprint density at radius 1 is 1.54 bits per heavy atom. The van der Waals surface area contributed by atoms with E-state index in [1.165, 1.54) is 5.56 Å². The molecule has 13 heavy (non-hydrogen) atoms. The highest BCUT2D eigenvalue weighted by Crippen LogP contribution is 2.19. The zero-order valence-electron chi connectivity index (χ0n) is 8.12. The van der Waals surface area contributed by atoms with Crippen LogP contribution in [0.1, 0.15) is 43.7 Å². The number of aromatic nitrogens is 1. The Hall–Kier alpha value is -1.36. The average molecular weight is 174 g/mol. The molecule has 0 aliphatic carbocycles. The van der Waals surface area contributed by atoms with Crippen LogP contribution in [-0.2, 0) is 0 Å². The van der Waals surface area contributed by atoms with Crippen molar-refractivity contribution in [3.63, 3.8) is 0 Å². The molecule has 0 amide bonds. The minimum Gasteiger partial charge on any atom is -0.263 e. The summed E-state index contributed by atoms with van der Waals surface area (Å²) in [7, 11) is 0. The maximum Gasteiger partial charge on any atom is 0.101 e. The summed E-state index contributed by atoms with van der Waals surface area (Å²) in [6.07, 6.45) is 5.76. The lowest BCUT2D eigenvalue weighted by atomic mass is 9.97. The van der Waals surface area contributed by atoms with Crippen LogP contribution >= 0.6 is 0 Å². The van der Waals surface area contributed by atoms with E-state index in [0.717, 1.165) is 12.8 Å². The first-order chi connectivity index (χ1) is 6.27. The first-order valence-electron chi connectivity index (χ1n) is 4.63. The first kappa shape index (κ1) is 9.73. The molecular formula is C11H14N2. The molecule has 1 rings (SSSR count). The Kier molecular flexibility index (Phi) is 3.45. The molecule has 2 heteroatoms. The molecule has 0 N–H and O–H groups in total. The zero-order chi connectivity index (χ0) is 9.68. The first-order valence-corrected chi connectivity index (χ1v) is 4.63. The second-order valence-electron chi connectivity index (χ2n) is 3.31. The predicted octanol–water partition coefficient (Wildman–Crippen LogP) is 2.86. The maximum atomic E-state index is 8.68. The fourth-order valence-electron chi connectivity index (χ4n) is 1.39. The molecule has 1 aromatic heterocycles. The van der Waals surface area contributed by atoms with Crippen molar-refractivity contribution in [3.8, 4) is 6.07 Å². The zero-order valence-corrected chi connectivity index (χ0v) is 8.12. The fraction of sp³-hybridized carbons (Fsp3) is 0.455. The second kappa shape index (κ2) is 4.61. The van der Waals surface area contributed by atoms with Crippen molar-refractivity contribution in [3.05, 3.63) is 29.6 Å². The maximum absolute atomic E-state index is 8.68. The number of nitrogens with zero attached hydrogens (tertiary/aromatic N) is 2. The molecule has 0 fully saturated rings. The summed E-state index contributed by atoms with van der Waals surface area (Å²) in [5.74, 6) is 0.505. The van der Waals surface area contributed by atoms with Crippen LogP contribution in [0.15, 0.2) is 18.5 Å². The summed E-state index contributed by atoms with van der Waals surface area (Å²) in [5.41, 5.74) is 1.82. The van der Waals surface area contributed by atoms with Gasteiger partial charge in [0.25, 0.3) is 0 Å². The molecule has 0 spiro atoms. The summed E-state index contributed by atoms with van der Waals surface area (Å²) in [4.78, 5) is 4.04. The average Bonchev–Trinajstić information content (AvgIpc) is 2.18. The van der Waals surface area contributed by atoms with Gasteiger partial charge in [-0.3, -0.25) is 4.98 Å². The summed E-state index contributed by atoms with van der Waals surface area (Å²) in [6.45, 7) is 4.33. The summed E-state index contributed by atoms with van der Waals surface area (Å²) >= 11 is 0. The molecule has 0 aliphatic heterocycles. The molecule has 1 aromatic rings. The van der Waals surface area contributed by atoms with Gasteiger partial charge >= 0.3 is 0 Å². The largest absolute Gasteiger partial charge is 0.263 e. The van der Waals surface area contributed by atoms with Gasteiger partial charge < -0.3 is 0 Å². The van der Waals surface area contributed by atoms with E-state index in [0.29, 0.717) is 11.5 Å². The number of hydrogen-bond donors (Lipinski definition) is 0. The Morgan fingerprint density at radius 2 is 2.31 bits per heavy atom. The van der Waals surface area contributed by atoms with E-state index in [2.05, 4.69) is 24.9 Å². The van der Waals surface area contributed by atoms with Gasteiger partial charge in [-0.15, -0.1) is 0 Å². The van der Waals surface area contributed by atoms with Gasteiger partial charge in [0.15, 0.2) is 0 Å². The van der Waals surface area contributed by atoms with Gasteiger partial charge in [0.2, 0.25) is 0 Å². The third-order valence-corrected chi connectivity index (χ3v) is 2.18. The van der Waals surface area contributed by atoms with E-state index < -0.39 is 0 Å². The van der Waals surface area contributed by atoms with E-state index in [9.17, 15) is 0 Å². The summed E-state index contributed by atoms with van der Waals surface area (Å²) in [5, 5.41) is 8.68. The van der Waals surface area contributed by atoms with Crippen molar-refractivity contribution >= 4 is 0 Å². The van der Waals surface area contributed by atoms with Gasteiger partial charge in [-0.2, -0.15) is 5.26 Å². The molecular weight excluding hydrogens is 160 g/mol. The molecule has 2 nitrogen and oxygen atoms in total. The number of nitriles is 1. The van der Waals surface area contributed by atoms with Crippen molar-refractivity contribution in [1.29, 1.82) is 5.26 Å². The molecule has 0 aromatic carbocycles. The molecule has 1 atom stereocenters. The van der Waals surface area contributed by atoms with Gasteiger partial charge in [0.1, 0.15) is 6.07 Å². The topological polar surface area (TPSA) is 36.7 Å². The van der Waals surface area contributed by atoms with E-state index in [1.54, 1.807) is 6.20 Å². The van der Waals surface area contributed by atoms with E-state index in [-0.39, 0.29) is 0 Å². The summed E-state index contributed by atoms with van der Waals surface area (Å²) < 4.78 is 0. The quantitative estimate of drug-likeness (QED) is 0.706. The van der Waals surface area contributed by atoms with Crippen molar-refractivity contribution in [2.75, 3.05) is 0 Å². The highest BCUT2D eigenvalue weighted by molar-refractivity contribution is 5.30. The normalized spacial score (nSPS) is 12.1. The van der Waals surface area contributed by atoms with Crippen molar-refractivity contribution in [1.82, 2.24) is 4.98 Å². The third-order valence-electron chi connectivity index (χ3n) is 2.18. The number of hydrogen-bond acceptors (Lipinski definition) is 2. The SMILES string of the molecule is CCCC(C)c1cncc(C#N)c1. The highest BCUT2D eigenvalue weighted by Gasteiger charge is 2.04. The third kappa shape index (κ3) is 2.55. The molecule has 68 valence electrons. The monoisotopic (exact) mass is 174 g/mol. The van der Waals surface area contributed by atoms with Gasteiger partial charge in [-0.25, -0.2) is 0 Å². The lowest BCUT2D eigenvalue weighted by Gasteiger charge is -2.09. The molecule has 0 bridgehead atoms. The molecule has 0 aliphatic rings. The van der Waals surface area contributed by atoms with Crippen LogP contribution in [0, 0.1) is 11.3 Å². The molecule has 0 saturated heterocycles. The van der Waals surface area contributed by atoms with Gasteiger partial charge in [-0.05, 0) is 24.0 Å². The number of pyridine rings is 1. The van der Waals surface area contributed by atoms with Crippen LogP contribution in [0.3, 0.4) is 0 Å². The molecule has 1 unspecified atom stereocenters. The van der Waals surface area contributed by atoms with Gasteiger partial charge in [0, 0.05) is 12.4 Å². The predicted molar refractivity (Wildman–Crippen MR) is 52.3 cm³/mol. The summed E-state index contributed by atoms with van der Waals surface area (Å²) in [6, 6.07) is 4.03. The van der Waals surface area contributed by atoms with Crippen LogP contribution in [0.2, 0.25) is 0 Å². The fourth-order valence-corrected chi connectivity index (χ4v) is 1.39. The molecule has 0 radical (unpaired) electrons. The Bertz CT molecular complexity index is 312. The lowest BCUT2D eigenvalue weighted by molar-refractivity contribution is 0.662. The lowest BCUT2D eigenvalue weighted by Crippen LogP contribution is -1.94. The van der Waals surface area contributed by atoms with Crippen LogP contribution in [0.5, 0.6) is 0 Å². The van der Waals surface area contributed by atoms with Gasteiger partial charge in [-0.1, -0.05) is 20.3 Å². The van der Waals surface area contributed by atoms with E-state index >= 15 is 0 Å². The van der Waals surface area contributed by atoms with Crippen LogP contribution in [0.4, 0.5) is 0 Å². The van der Waals surface area contributed by atoms with Crippen molar-refractivity contribution in [2.45, 2.75) is 32.6 Å². The van der Waals surface area contributed by atoms with Crippen molar-refractivity contribution < 1.29 is 0 Å². The Labute approximate surface area is 79.2 Å². The van der Waals surface area contributed by atoms with Crippen LogP contribution in [-0.4, -0.2) is 4.98 Å². The van der Waals surface area contributed by atoms with Gasteiger partial charge in [0.05, 0.1) is 5.56 Å². The van der Waals surface area contributed by atoms with Crippen molar-refractivity contribution in [2.24, 2.45) is 0 Å².